The van der Waals surface area contributed by atoms with Gasteiger partial charge in [-0.15, -0.1) is 5.10 Å². The molecule has 0 N–H and O–H groups in total. The van der Waals surface area contributed by atoms with Crippen molar-refractivity contribution in [2.45, 2.75) is 6.61 Å². The average Bonchev–Trinajstić information content (AvgIpc) is 3.01. The normalized spacial score (nSPS) is 11.1. The van der Waals surface area contributed by atoms with Crippen LogP contribution in [0.4, 0.5) is 0 Å². The maximum Gasteiger partial charge on any atom is 0.183 e. The first-order valence-corrected chi connectivity index (χ1v) is 7.58. The smallest absolute Gasteiger partial charge is 0.183 e. The molecule has 0 aliphatic carbocycles. The first-order chi connectivity index (χ1) is 10.8. The third kappa shape index (κ3) is 2.31. The molecule has 0 aliphatic heterocycles. The van der Waals surface area contributed by atoms with Crippen molar-refractivity contribution in [2.24, 2.45) is 0 Å². The molecule has 0 spiro atoms. The van der Waals surface area contributed by atoms with Crippen LogP contribution in [0.2, 0.25) is 0 Å². The second-order valence-corrected chi connectivity index (χ2v) is 5.81. The molecule has 0 saturated carbocycles. The highest BCUT2D eigenvalue weighted by atomic mass is 79.9. The summed E-state index contributed by atoms with van der Waals surface area (Å²) in [7, 11) is 0. The quantitative estimate of drug-likeness (QED) is 0.563. The van der Waals surface area contributed by atoms with Gasteiger partial charge in [-0.2, -0.15) is 4.52 Å². The Hall–Kier alpha value is -2.47. The van der Waals surface area contributed by atoms with Crippen molar-refractivity contribution in [3.05, 3.63) is 64.6 Å². The van der Waals surface area contributed by atoms with E-state index in [0.717, 1.165) is 26.7 Å². The van der Waals surface area contributed by atoms with Crippen molar-refractivity contribution >= 4 is 32.5 Å². The molecule has 4 aromatic rings. The summed E-state index contributed by atoms with van der Waals surface area (Å²) in [5, 5.41) is 12.7. The van der Waals surface area contributed by atoms with Crippen molar-refractivity contribution in [2.75, 3.05) is 0 Å². The molecular formula is C16H11BrN4O. The zero-order chi connectivity index (χ0) is 14.9. The second kappa shape index (κ2) is 5.38. The van der Waals surface area contributed by atoms with Gasteiger partial charge < -0.3 is 4.74 Å². The fourth-order valence-electron chi connectivity index (χ4n) is 2.42. The molecule has 6 heteroatoms. The minimum atomic E-state index is 0.487. The first kappa shape index (κ1) is 13.2. The summed E-state index contributed by atoms with van der Waals surface area (Å²) in [5.41, 5.74) is 2.69. The molecule has 0 bridgehead atoms. The number of benzene rings is 2. The maximum absolute atomic E-state index is 6.01. The highest BCUT2D eigenvalue weighted by Gasteiger charge is 2.09. The number of pyridine rings is 1. The van der Waals surface area contributed by atoms with Crippen molar-refractivity contribution in [1.29, 1.82) is 0 Å². The lowest BCUT2D eigenvalue weighted by Gasteiger charge is -2.10. The molecule has 2 aromatic heterocycles. The van der Waals surface area contributed by atoms with Gasteiger partial charge in [0.2, 0.25) is 0 Å². The zero-order valence-electron chi connectivity index (χ0n) is 11.5. The van der Waals surface area contributed by atoms with Crippen LogP contribution in [0, 0.1) is 0 Å². The van der Waals surface area contributed by atoms with E-state index in [1.165, 1.54) is 0 Å². The molecule has 4 rings (SSSR count). The largest absolute Gasteiger partial charge is 0.488 e. The van der Waals surface area contributed by atoms with Gasteiger partial charge in [0.1, 0.15) is 12.4 Å². The van der Waals surface area contributed by atoms with Gasteiger partial charge in [-0.3, -0.25) is 0 Å². The van der Waals surface area contributed by atoms with E-state index in [2.05, 4.69) is 31.5 Å². The van der Waals surface area contributed by atoms with Gasteiger partial charge in [0.15, 0.2) is 5.65 Å². The molecule has 22 heavy (non-hydrogen) atoms. The number of nitrogens with zero attached hydrogens (tertiary/aromatic N) is 4. The van der Waals surface area contributed by atoms with Gasteiger partial charge in [-0.05, 0) is 40.3 Å². The van der Waals surface area contributed by atoms with Crippen LogP contribution in [0.5, 0.6) is 5.75 Å². The van der Waals surface area contributed by atoms with E-state index in [1.54, 1.807) is 4.52 Å². The van der Waals surface area contributed by atoms with Crippen LogP contribution < -0.4 is 4.74 Å². The summed E-state index contributed by atoms with van der Waals surface area (Å²) in [4.78, 5) is 0. The minimum absolute atomic E-state index is 0.487. The Balaban J connectivity index is 1.76. The SMILES string of the molecule is Brc1cccc(COc2cc3nnnn3c3ccccc23)c1. The highest BCUT2D eigenvalue weighted by Crippen LogP contribution is 2.27. The monoisotopic (exact) mass is 354 g/mol. The molecule has 0 amide bonds. The third-order valence-electron chi connectivity index (χ3n) is 3.43. The number of fused-ring (bicyclic) bond motifs is 3. The van der Waals surface area contributed by atoms with Crippen molar-refractivity contribution in [3.63, 3.8) is 0 Å². The van der Waals surface area contributed by atoms with E-state index < -0.39 is 0 Å². The summed E-state index contributed by atoms with van der Waals surface area (Å²) in [6, 6.07) is 17.8. The molecule has 108 valence electrons. The Kier molecular flexibility index (Phi) is 3.23. The van der Waals surface area contributed by atoms with Gasteiger partial charge in [0.25, 0.3) is 0 Å². The molecule has 2 aromatic carbocycles. The topological polar surface area (TPSA) is 52.3 Å². The fourth-order valence-corrected chi connectivity index (χ4v) is 2.87. The Labute approximate surface area is 134 Å². The zero-order valence-corrected chi connectivity index (χ0v) is 13.1. The summed E-state index contributed by atoms with van der Waals surface area (Å²) in [6.07, 6.45) is 0. The van der Waals surface area contributed by atoms with Crippen LogP contribution >= 0.6 is 15.9 Å². The second-order valence-electron chi connectivity index (χ2n) is 4.89. The molecule has 0 atom stereocenters. The number of halogens is 1. The summed E-state index contributed by atoms with van der Waals surface area (Å²) < 4.78 is 8.76. The lowest BCUT2D eigenvalue weighted by atomic mass is 10.2. The van der Waals surface area contributed by atoms with Crippen molar-refractivity contribution in [1.82, 2.24) is 20.0 Å². The predicted octanol–water partition coefficient (Wildman–Crippen LogP) is 3.62. The third-order valence-corrected chi connectivity index (χ3v) is 3.93. The summed E-state index contributed by atoms with van der Waals surface area (Å²) >= 11 is 3.47. The lowest BCUT2D eigenvalue weighted by Crippen LogP contribution is -1.99. The van der Waals surface area contributed by atoms with Crippen LogP contribution in [0.1, 0.15) is 5.56 Å². The maximum atomic E-state index is 6.01. The standard InChI is InChI=1S/C16H11BrN4O/c17-12-5-3-4-11(8-12)10-22-15-9-16-18-19-20-21(16)14-7-2-1-6-13(14)15/h1-9H,10H2. The van der Waals surface area contributed by atoms with Crippen LogP contribution in [-0.4, -0.2) is 20.0 Å². The Morgan fingerprint density at radius 3 is 2.86 bits per heavy atom. The molecule has 0 fully saturated rings. The summed E-state index contributed by atoms with van der Waals surface area (Å²) in [6.45, 7) is 0.487. The molecule has 5 nitrogen and oxygen atoms in total. The molecule has 2 heterocycles. The number of aromatic nitrogens is 4. The molecule has 0 radical (unpaired) electrons. The highest BCUT2D eigenvalue weighted by molar-refractivity contribution is 9.10. The van der Waals surface area contributed by atoms with E-state index >= 15 is 0 Å². The van der Waals surface area contributed by atoms with Crippen LogP contribution in [0.15, 0.2) is 59.1 Å². The van der Waals surface area contributed by atoms with Gasteiger partial charge in [-0.1, -0.05) is 40.2 Å². The Morgan fingerprint density at radius 1 is 1.05 bits per heavy atom. The van der Waals surface area contributed by atoms with E-state index in [1.807, 2.05) is 54.6 Å². The van der Waals surface area contributed by atoms with Gasteiger partial charge >= 0.3 is 0 Å². The van der Waals surface area contributed by atoms with Crippen LogP contribution in [0.25, 0.3) is 16.6 Å². The van der Waals surface area contributed by atoms with Crippen LogP contribution in [0.3, 0.4) is 0 Å². The number of para-hydroxylation sites is 1. The van der Waals surface area contributed by atoms with E-state index in [9.17, 15) is 0 Å². The number of hydrogen-bond donors (Lipinski definition) is 0. The van der Waals surface area contributed by atoms with Gasteiger partial charge in [0.05, 0.1) is 5.52 Å². The molecule has 0 saturated heterocycles. The minimum Gasteiger partial charge on any atom is -0.488 e. The molecular weight excluding hydrogens is 344 g/mol. The Bertz CT molecular complexity index is 967. The average molecular weight is 355 g/mol. The Morgan fingerprint density at radius 2 is 1.95 bits per heavy atom. The van der Waals surface area contributed by atoms with E-state index in [-0.39, 0.29) is 0 Å². The van der Waals surface area contributed by atoms with Crippen molar-refractivity contribution < 1.29 is 4.74 Å². The molecule has 0 aliphatic rings. The first-order valence-electron chi connectivity index (χ1n) is 6.78. The number of ether oxygens (including phenoxy) is 1. The fraction of sp³-hybridized carbons (Fsp3) is 0.0625. The van der Waals surface area contributed by atoms with Gasteiger partial charge in [-0.25, -0.2) is 0 Å². The van der Waals surface area contributed by atoms with E-state index in [4.69, 9.17) is 4.74 Å². The predicted molar refractivity (Wildman–Crippen MR) is 86.8 cm³/mol. The molecule has 0 unspecified atom stereocenters. The van der Waals surface area contributed by atoms with Crippen LogP contribution in [-0.2, 0) is 6.61 Å². The number of tetrazole rings is 1. The van der Waals surface area contributed by atoms with Gasteiger partial charge in [0, 0.05) is 15.9 Å². The summed E-state index contributed by atoms with van der Waals surface area (Å²) in [5.74, 6) is 0.776. The lowest BCUT2D eigenvalue weighted by molar-refractivity contribution is 0.310. The van der Waals surface area contributed by atoms with Crippen molar-refractivity contribution in [3.8, 4) is 5.75 Å². The van der Waals surface area contributed by atoms with E-state index in [0.29, 0.717) is 12.3 Å². The number of hydrogen-bond acceptors (Lipinski definition) is 4. The number of rotatable bonds is 3.